The van der Waals surface area contributed by atoms with Crippen LogP contribution in [0.4, 0.5) is 0 Å². The van der Waals surface area contributed by atoms with Crippen molar-refractivity contribution in [1.82, 2.24) is 9.97 Å². The summed E-state index contributed by atoms with van der Waals surface area (Å²) < 4.78 is 17.4. The van der Waals surface area contributed by atoms with Gasteiger partial charge in [-0.05, 0) is 41.8 Å². The van der Waals surface area contributed by atoms with Crippen LogP contribution in [0.2, 0.25) is 0 Å². The Morgan fingerprint density at radius 2 is 1.47 bits per heavy atom. The molecule has 5 heteroatoms. The van der Waals surface area contributed by atoms with Gasteiger partial charge in [0, 0.05) is 5.56 Å². The largest absolute Gasteiger partial charge is 0.494 e. The van der Waals surface area contributed by atoms with Gasteiger partial charge in [-0.15, -0.1) is 0 Å². The van der Waals surface area contributed by atoms with Crippen LogP contribution in [-0.4, -0.2) is 35.4 Å². The van der Waals surface area contributed by atoms with Crippen molar-refractivity contribution in [2.24, 2.45) is 0 Å². The maximum atomic E-state index is 5.97. The quantitative estimate of drug-likeness (QED) is 0.174. The predicted octanol–water partition coefficient (Wildman–Crippen LogP) is 7.37. The highest BCUT2D eigenvalue weighted by molar-refractivity contribution is 5.87. The van der Waals surface area contributed by atoms with E-state index in [9.17, 15) is 0 Å². The first-order chi connectivity index (χ1) is 16.8. The molecule has 1 aliphatic rings. The lowest BCUT2D eigenvalue weighted by atomic mass is 10.1. The first-order valence-electron chi connectivity index (χ1n) is 13.0. The molecular formula is C29H38N2O3. The lowest BCUT2D eigenvalue weighted by Gasteiger charge is -2.09. The fourth-order valence-corrected chi connectivity index (χ4v) is 4.23. The zero-order chi connectivity index (χ0) is 23.6. The number of ether oxygens (including phenoxy) is 3. The first kappa shape index (κ1) is 24.5. The molecule has 1 aliphatic heterocycles. The SMILES string of the molecule is CCCCCCCCOc1ccc2cc(-c3ncc(OCC4OC4CCCC)cn3)ccc2c1. The molecule has 3 aromatic rings. The Hall–Kier alpha value is -2.66. The Labute approximate surface area is 203 Å². The Bertz CT molecular complexity index is 1020. The second-order valence-electron chi connectivity index (χ2n) is 9.25. The van der Waals surface area contributed by atoms with Crippen molar-refractivity contribution >= 4 is 10.8 Å². The van der Waals surface area contributed by atoms with Gasteiger partial charge in [-0.2, -0.15) is 0 Å². The van der Waals surface area contributed by atoms with Crippen molar-refractivity contribution in [3.63, 3.8) is 0 Å². The van der Waals surface area contributed by atoms with Crippen molar-refractivity contribution in [2.45, 2.75) is 83.8 Å². The smallest absolute Gasteiger partial charge is 0.159 e. The van der Waals surface area contributed by atoms with Gasteiger partial charge in [-0.3, -0.25) is 0 Å². The molecule has 34 heavy (non-hydrogen) atoms. The molecule has 2 atom stereocenters. The molecule has 0 N–H and O–H groups in total. The highest BCUT2D eigenvalue weighted by atomic mass is 16.6. The molecule has 182 valence electrons. The van der Waals surface area contributed by atoms with Gasteiger partial charge in [-0.1, -0.05) is 77.0 Å². The van der Waals surface area contributed by atoms with Crippen molar-refractivity contribution < 1.29 is 14.2 Å². The fraction of sp³-hybridized carbons (Fsp3) is 0.517. The monoisotopic (exact) mass is 462 g/mol. The molecule has 1 saturated heterocycles. The van der Waals surface area contributed by atoms with E-state index in [4.69, 9.17) is 14.2 Å². The molecule has 1 fully saturated rings. The molecule has 0 bridgehead atoms. The molecule has 2 unspecified atom stereocenters. The van der Waals surface area contributed by atoms with E-state index in [-0.39, 0.29) is 6.10 Å². The molecule has 0 radical (unpaired) electrons. The van der Waals surface area contributed by atoms with E-state index in [1.54, 1.807) is 12.4 Å². The summed E-state index contributed by atoms with van der Waals surface area (Å²) in [6, 6.07) is 12.6. The summed E-state index contributed by atoms with van der Waals surface area (Å²) in [5.41, 5.74) is 0.991. The molecule has 2 heterocycles. The summed E-state index contributed by atoms with van der Waals surface area (Å²) in [7, 11) is 0. The number of fused-ring (bicyclic) bond motifs is 1. The van der Waals surface area contributed by atoms with Crippen LogP contribution in [0.3, 0.4) is 0 Å². The van der Waals surface area contributed by atoms with E-state index >= 15 is 0 Å². The Balaban J connectivity index is 1.26. The topological polar surface area (TPSA) is 56.8 Å². The molecule has 0 aliphatic carbocycles. The van der Waals surface area contributed by atoms with Crippen molar-refractivity contribution in [2.75, 3.05) is 13.2 Å². The number of unbranched alkanes of at least 4 members (excludes halogenated alkanes) is 6. The Kier molecular flexibility index (Phi) is 9.14. The highest BCUT2D eigenvalue weighted by Gasteiger charge is 2.38. The highest BCUT2D eigenvalue weighted by Crippen LogP contribution is 2.29. The molecule has 1 aromatic heterocycles. The summed E-state index contributed by atoms with van der Waals surface area (Å²) in [4.78, 5) is 9.03. The van der Waals surface area contributed by atoms with Gasteiger partial charge in [0.25, 0.3) is 0 Å². The summed E-state index contributed by atoms with van der Waals surface area (Å²) in [6.07, 6.45) is 15.2. The number of hydrogen-bond donors (Lipinski definition) is 0. The van der Waals surface area contributed by atoms with Crippen molar-refractivity contribution in [3.8, 4) is 22.9 Å². The number of benzene rings is 2. The summed E-state index contributed by atoms with van der Waals surface area (Å²) in [5, 5.41) is 2.31. The summed E-state index contributed by atoms with van der Waals surface area (Å²) >= 11 is 0. The number of rotatable bonds is 15. The average molecular weight is 463 g/mol. The maximum Gasteiger partial charge on any atom is 0.159 e. The van der Waals surface area contributed by atoms with E-state index in [1.165, 1.54) is 44.9 Å². The number of aromatic nitrogens is 2. The van der Waals surface area contributed by atoms with Gasteiger partial charge < -0.3 is 14.2 Å². The number of epoxide rings is 1. The molecule has 2 aromatic carbocycles. The van der Waals surface area contributed by atoms with Crippen LogP contribution in [0, 0.1) is 0 Å². The van der Waals surface area contributed by atoms with Crippen molar-refractivity contribution in [1.29, 1.82) is 0 Å². The van der Waals surface area contributed by atoms with Gasteiger partial charge in [-0.25, -0.2) is 9.97 Å². The fourth-order valence-electron chi connectivity index (χ4n) is 4.23. The van der Waals surface area contributed by atoms with Gasteiger partial charge in [0.05, 0.1) is 25.1 Å². The van der Waals surface area contributed by atoms with Gasteiger partial charge >= 0.3 is 0 Å². The zero-order valence-electron chi connectivity index (χ0n) is 20.7. The third-order valence-corrected chi connectivity index (χ3v) is 6.41. The van der Waals surface area contributed by atoms with E-state index in [0.717, 1.165) is 41.5 Å². The molecule has 5 nitrogen and oxygen atoms in total. The molecule has 0 spiro atoms. The zero-order valence-corrected chi connectivity index (χ0v) is 20.7. The van der Waals surface area contributed by atoms with E-state index < -0.39 is 0 Å². The average Bonchev–Trinajstić information content (AvgIpc) is 3.64. The minimum atomic E-state index is 0.214. The predicted molar refractivity (Wildman–Crippen MR) is 138 cm³/mol. The first-order valence-corrected chi connectivity index (χ1v) is 13.0. The number of hydrogen-bond acceptors (Lipinski definition) is 5. The second kappa shape index (κ2) is 12.7. The molecule has 0 saturated carbocycles. The van der Waals surface area contributed by atoms with Gasteiger partial charge in [0.15, 0.2) is 11.6 Å². The summed E-state index contributed by atoms with van der Waals surface area (Å²) in [6.45, 7) is 5.80. The normalized spacial score (nSPS) is 17.1. The minimum absolute atomic E-state index is 0.214. The lowest BCUT2D eigenvalue weighted by Crippen LogP contribution is -2.08. The lowest BCUT2D eigenvalue weighted by molar-refractivity contribution is 0.258. The number of nitrogens with zero attached hydrogens (tertiary/aromatic N) is 2. The Morgan fingerprint density at radius 3 is 2.29 bits per heavy atom. The standard InChI is InChI=1S/C29H38N2O3/c1-3-5-7-8-9-10-16-32-25-15-14-22-17-24(13-12-23(22)18-25)29-30-19-26(20-31-29)33-21-28-27(34-28)11-6-4-2/h12-15,17-20,27-28H,3-11,16,21H2,1-2H3. The Morgan fingerprint density at radius 1 is 0.735 bits per heavy atom. The summed E-state index contributed by atoms with van der Waals surface area (Å²) in [5.74, 6) is 2.31. The van der Waals surface area contributed by atoms with Crippen LogP contribution in [0.15, 0.2) is 48.8 Å². The molecule has 0 amide bonds. The second-order valence-corrected chi connectivity index (χ2v) is 9.25. The van der Waals surface area contributed by atoms with Crippen LogP contribution in [0.25, 0.3) is 22.2 Å². The van der Waals surface area contributed by atoms with E-state index in [2.05, 4.69) is 60.2 Å². The van der Waals surface area contributed by atoms with Gasteiger partial charge in [0.2, 0.25) is 0 Å². The van der Waals surface area contributed by atoms with Crippen LogP contribution in [0.5, 0.6) is 11.5 Å². The van der Waals surface area contributed by atoms with Crippen LogP contribution in [0.1, 0.15) is 71.6 Å². The van der Waals surface area contributed by atoms with E-state index in [0.29, 0.717) is 24.3 Å². The van der Waals surface area contributed by atoms with E-state index in [1.807, 2.05) is 0 Å². The van der Waals surface area contributed by atoms with Gasteiger partial charge in [0.1, 0.15) is 18.5 Å². The maximum absolute atomic E-state index is 5.97. The van der Waals surface area contributed by atoms with Crippen LogP contribution >= 0.6 is 0 Å². The third kappa shape index (κ3) is 7.17. The minimum Gasteiger partial charge on any atom is -0.494 e. The van der Waals surface area contributed by atoms with Crippen molar-refractivity contribution in [3.05, 3.63) is 48.8 Å². The molecular weight excluding hydrogens is 424 g/mol. The van der Waals surface area contributed by atoms with Crippen LogP contribution < -0.4 is 9.47 Å². The molecule has 4 rings (SSSR count). The third-order valence-electron chi connectivity index (χ3n) is 6.41. The van der Waals surface area contributed by atoms with Crippen LogP contribution in [-0.2, 0) is 4.74 Å².